The van der Waals surface area contributed by atoms with E-state index in [2.05, 4.69) is 0 Å². The van der Waals surface area contributed by atoms with E-state index in [1.165, 1.54) is 4.90 Å². The Kier molecular flexibility index (Phi) is 3.62. The number of amides is 2. The Morgan fingerprint density at radius 2 is 1.71 bits per heavy atom. The molecule has 1 aliphatic heterocycles. The van der Waals surface area contributed by atoms with Gasteiger partial charge in [-0.15, -0.1) is 0 Å². The summed E-state index contributed by atoms with van der Waals surface area (Å²) in [5.74, 6) is -0.399. The highest BCUT2D eigenvalue weighted by Gasteiger charge is 2.52. The summed E-state index contributed by atoms with van der Waals surface area (Å²) in [6.45, 7) is 0.271. The molecule has 1 saturated carbocycles. The third-order valence-corrected chi connectivity index (χ3v) is 4.70. The summed E-state index contributed by atoms with van der Waals surface area (Å²) in [6.07, 6.45) is 3.52. The van der Waals surface area contributed by atoms with E-state index >= 15 is 0 Å². The van der Waals surface area contributed by atoms with Crippen molar-refractivity contribution in [3.05, 3.63) is 35.9 Å². The van der Waals surface area contributed by atoms with E-state index in [0.717, 1.165) is 18.4 Å². The molecule has 2 fully saturated rings. The number of nitrogens with zero attached hydrogens (tertiary/aromatic N) is 1. The largest absolute Gasteiger partial charge is 0.299 e. The number of ketones is 1. The molecule has 1 aromatic rings. The number of hydrogen-bond acceptors (Lipinski definition) is 3. The minimum Gasteiger partial charge on any atom is -0.299 e. The fourth-order valence-corrected chi connectivity index (χ4v) is 3.44. The number of hydrogen-bond donors (Lipinski definition) is 0. The number of likely N-dealkylation sites (tertiary alicyclic amines) is 1. The van der Waals surface area contributed by atoms with Crippen LogP contribution in [0.4, 0.5) is 0 Å². The minimum atomic E-state index is -0.916. The smallest absolute Gasteiger partial charge is 0.243 e. The minimum absolute atomic E-state index is 0.0318. The first-order valence-electron chi connectivity index (χ1n) is 7.55. The van der Waals surface area contributed by atoms with Gasteiger partial charge in [0.1, 0.15) is 11.2 Å². The van der Waals surface area contributed by atoms with Gasteiger partial charge in [0.05, 0.1) is 6.54 Å². The van der Waals surface area contributed by atoms with Crippen molar-refractivity contribution in [1.29, 1.82) is 0 Å². The zero-order valence-electron chi connectivity index (χ0n) is 12.0. The van der Waals surface area contributed by atoms with Crippen LogP contribution in [-0.4, -0.2) is 22.5 Å². The maximum atomic E-state index is 12.8. The highest BCUT2D eigenvalue weighted by molar-refractivity contribution is 6.13. The molecule has 2 amide bonds. The Labute approximate surface area is 124 Å². The number of carbonyl (C=O) groups is 3. The van der Waals surface area contributed by atoms with Gasteiger partial charge in [0.2, 0.25) is 11.8 Å². The molecule has 4 heteroatoms. The maximum absolute atomic E-state index is 12.8. The molecule has 0 radical (unpaired) electrons. The van der Waals surface area contributed by atoms with Crippen LogP contribution in [0, 0.1) is 5.41 Å². The molecular weight excluding hydrogens is 266 g/mol. The number of benzene rings is 1. The molecule has 1 heterocycles. The van der Waals surface area contributed by atoms with Crippen molar-refractivity contribution in [3.63, 3.8) is 0 Å². The third-order valence-electron chi connectivity index (χ3n) is 4.70. The number of carbonyl (C=O) groups excluding carboxylic acids is 3. The quantitative estimate of drug-likeness (QED) is 0.619. The second-order valence-corrected chi connectivity index (χ2v) is 5.98. The molecule has 0 N–H and O–H groups in total. The zero-order chi connectivity index (χ0) is 14.9. The highest BCUT2D eigenvalue weighted by atomic mass is 16.2. The van der Waals surface area contributed by atoms with E-state index in [9.17, 15) is 14.4 Å². The number of imide groups is 1. The van der Waals surface area contributed by atoms with Gasteiger partial charge in [-0.3, -0.25) is 19.3 Å². The van der Waals surface area contributed by atoms with Crippen LogP contribution in [0.1, 0.15) is 44.1 Å². The first kappa shape index (κ1) is 14.0. The van der Waals surface area contributed by atoms with E-state index in [4.69, 9.17) is 0 Å². The Morgan fingerprint density at radius 1 is 0.952 bits per heavy atom. The van der Waals surface area contributed by atoms with E-state index < -0.39 is 5.41 Å². The van der Waals surface area contributed by atoms with Crippen LogP contribution in [0.15, 0.2) is 30.3 Å². The van der Waals surface area contributed by atoms with Crippen LogP contribution >= 0.6 is 0 Å². The van der Waals surface area contributed by atoms with E-state index in [0.29, 0.717) is 25.7 Å². The van der Waals surface area contributed by atoms with E-state index in [-0.39, 0.29) is 24.1 Å². The fraction of sp³-hybridized carbons (Fsp3) is 0.471. The average molecular weight is 285 g/mol. The predicted molar refractivity (Wildman–Crippen MR) is 77.1 cm³/mol. The van der Waals surface area contributed by atoms with Crippen LogP contribution in [0.5, 0.6) is 0 Å². The van der Waals surface area contributed by atoms with Gasteiger partial charge in [-0.05, 0) is 24.8 Å². The van der Waals surface area contributed by atoms with Gasteiger partial charge in [-0.1, -0.05) is 36.8 Å². The Morgan fingerprint density at radius 3 is 2.43 bits per heavy atom. The van der Waals surface area contributed by atoms with Crippen LogP contribution in [0.2, 0.25) is 0 Å². The fourth-order valence-electron chi connectivity index (χ4n) is 3.44. The highest BCUT2D eigenvalue weighted by Crippen LogP contribution is 2.42. The molecule has 110 valence electrons. The molecule has 1 atom stereocenters. The SMILES string of the molecule is O=C1CCC2(CCCCC2=O)C(=O)N1Cc1ccccc1. The monoisotopic (exact) mass is 285 g/mol. The van der Waals surface area contributed by atoms with Crippen molar-refractivity contribution >= 4 is 17.6 Å². The standard InChI is InChI=1S/C17H19NO3/c19-14-8-4-5-10-17(14)11-9-15(20)18(16(17)21)12-13-6-2-1-3-7-13/h1-3,6-7H,4-5,8-12H2. The Balaban J connectivity index is 1.87. The summed E-state index contributed by atoms with van der Waals surface area (Å²) in [6, 6.07) is 9.45. The van der Waals surface area contributed by atoms with Crippen molar-refractivity contribution in [3.8, 4) is 0 Å². The lowest BCUT2D eigenvalue weighted by atomic mass is 9.67. The second-order valence-electron chi connectivity index (χ2n) is 5.98. The first-order chi connectivity index (χ1) is 10.1. The normalized spacial score (nSPS) is 26.5. The van der Waals surface area contributed by atoms with Gasteiger partial charge in [0, 0.05) is 12.8 Å². The van der Waals surface area contributed by atoms with Gasteiger partial charge < -0.3 is 0 Å². The third kappa shape index (κ3) is 2.39. The second kappa shape index (κ2) is 5.43. The van der Waals surface area contributed by atoms with Crippen LogP contribution in [-0.2, 0) is 20.9 Å². The van der Waals surface area contributed by atoms with Crippen LogP contribution in [0.25, 0.3) is 0 Å². The van der Waals surface area contributed by atoms with Gasteiger partial charge in [-0.2, -0.15) is 0 Å². The summed E-state index contributed by atoms with van der Waals surface area (Å²) in [5, 5.41) is 0. The van der Waals surface area contributed by atoms with Crippen LogP contribution < -0.4 is 0 Å². The predicted octanol–water partition coefficient (Wildman–Crippen LogP) is 2.47. The summed E-state index contributed by atoms with van der Waals surface area (Å²) >= 11 is 0. The van der Waals surface area contributed by atoms with E-state index in [1.54, 1.807) is 0 Å². The number of piperidine rings is 1. The maximum Gasteiger partial charge on any atom is 0.243 e. The van der Waals surface area contributed by atoms with Crippen LogP contribution in [0.3, 0.4) is 0 Å². The molecule has 1 saturated heterocycles. The lowest BCUT2D eigenvalue weighted by molar-refractivity contribution is -0.163. The summed E-state index contributed by atoms with van der Waals surface area (Å²) < 4.78 is 0. The van der Waals surface area contributed by atoms with Crippen molar-refractivity contribution in [1.82, 2.24) is 4.90 Å². The van der Waals surface area contributed by atoms with Gasteiger partial charge >= 0.3 is 0 Å². The van der Waals surface area contributed by atoms with E-state index in [1.807, 2.05) is 30.3 Å². The van der Waals surface area contributed by atoms with Crippen molar-refractivity contribution in [2.24, 2.45) is 5.41 Å². The molecule has 2 aliphatic rings. The molecular formula is C17H19NO3. The van der Waals surface area contributed by atoms with Gasteiger partial charge in [-0.25, -0.2) is 0 Å². The summed E-state index contributed by atoms with van der Waals surface area (Å²) in [7, 11) is 0. The Bertz CT molecular complexity index is 581. The molecule has 21 heavy (non-hydrogen) atoms. The van der Waals surface area contributed by atoms with Crippen molar-refractivity contribution < 1.29 is 14.4 Å². The topological polar surface area (TPSA) is 54.5 Å². The molecule has 3 rings (SSSR count). The number of Topliss-reactive ketones (excluding diaryl/α,β-unsaturated/α-hetero) is 1. The lowest BCUT2D eigenvalue weighted by Crippen LogP contribution is -2.55. The molecule has 1 aromatic carbocycles. The molecule has 1 spiro atoms. The first-order valence-corrected chi connectivity index (χ1v) is 7.55. The van der Waals surface area contributed by atoms with Crippen molar-refractivity contribution in [2.75, 3.05) is 0 Å². The molecule has 1 unspecified atom stereocenters. The van der Waals surface area contributed by atoms with Gasteiger partial charge in [0.25, 0.3) is 0 Å². The molecule has 1 aliphatic carbocycles. The molecule has 4 nitrogen and oxygen atoms in total. The van der Waals surface area contributed by atoms with Crippen molar-refractivity contribution in [2.45, 2.75) is 45.1 Å². The number of rotatable bonds is 2. The zero-order valence-corrected chi connectivity index (χ0v) is 12.0. The summed E-state index contributed by atoms with van der Waals surface area (Å²) in [5.41, 5.74) is 0.000478. The van der Waals surface area contributed by atoms with Gasteiger partial charge in [0.15, 0.2) is 0 Å². The Hall–Kier alpha value is -1.97. The lowest BCUT2D eigenvalue weighted by Gasteiger charge is -2.41. The summed E-state index contributed by atoms with van der Waals surface area (Å²) in [4.78, 5) is 38.6. The average Bonchev–Trinajstić information content (AvgIpc) is 2.51. The molecule has 0 bridgehead atoms. The molecule has 0 aromatic heterocycles.